The number of likely N-dealkylation sites (tertiary alicyclic amines) is 1. The topological polar surface area (TPSA) is 35.5 Å². The lowest BCUT2D eigenvalue weighted by Gasteiger charge is -2.46. The van der Waals surface area contributed by atoms with E-state index in [9.17, 15) is 5.11 Å². The molecule has 1 aliphatic carbocycles. The van der Waals surface area contributed by atoms with Gasteiger partial charge in [-0.1, -0.05) is 43.7 Å². The van der Waals surface area contributed by atoms with E-state index in [-0.39, 0.29) is 6.10 Å². The summed E-state index contributed by atoms with van der Waals surface area (Å²) < 4.78 is 0. The van der Waals surface area contributed by atoms with E-state index in [4.69, 9.17) is 0 Å². The van der Waals surface area contributed by atoms with E-state index in [1.807, 2.05) is 0 Å². The Hall–Kier alpha value is -0.900. The van der Waals surface area contributed by atoms with Crippen molar-refractivity contribution in [1.29, 1.82) is 0 Å². The number of piperidine rings is 1. The second-order valence-corrected chi connectivity index (χ2v) is 7.50. The molecule has 3 rings (SSSR count). The summed E-state index contributed by atoms with van der Waals surface area (Å²) in [5.41, 5.74) is 1.36. The third kappa shape index (κ3) is 4.79. The minimum Gasteiger partial charge on any atom is -0.393 e. The molecule has 1 aliphatic heterocycles. The number of hydrogen-bond acceptors (Lipinski definition) is 3. The van der Waals surface area contributed by atoms with Crippen LogP contribution in [0.1, 0.15) is 51.0 Å². The molecule has 1 saturated carbocycles. The van der Waals surface area contributed by atoms with E-state index in [0.29, 0.717) is 12.0 Å². The Bertz CT molecular complexity index is 460. The van der Waals surface area contributed by atoms with Crippen LogP contribution in [-0.2, 0) is 6.54 Å². The zero-order valence-corrected chi connectivity index (χ0v) is 14.5. The third-order valence-corrected chi connectivity index (χ3v) is 5.67. The molecule has 1 saturated heterocycles. The Balaban J connectivity index is 1.56. The van der Waals surface area contributed by atoms with E-state index in [1.165, 1.54) is 44.3 Å². The van der Waals surface area contributed by atoms with Crippen molar-refractivity contribution >= 4 is 0 Å². The Kier molecular flexibility index (Phi) is 6.09. The molecule has 23 heavy (non-hydrogen) atoms. The van der Waals surface area contributed by atoms with E-state index < -0.39 is 0 Å². The Morgan fingerprint density at radius 1 is 1.22 bits per heavy atom. The van der Waals surface area contributed by atoms with E-state index in [1.54, 1.807) is 0 Å². The van der Waals surface area contributed by atoms with Gasteiger partial charge in [-0.2, -0.15) is 0 Å². The van der Waals surface area contributed by atoms with Crippen molar-refractivity contribution in [2.75, 3.05) is 13.1 Å². The number of aliphatic hydroxyl groups excluding tert-OH is 1. The summed E-state index contributed by atoms with van der Waals surface area (Å²) in [4.78, 5) is 2.70. The molecule has 3 atom stereocenters. The molecule has 3 heteroatoms. The maximum absolute atomic E-state index is 10.1. The van der Waals surface area contributed by atoms with Gasteiger partial charge in [-0.25, -0.2) is 0 Å². The fourth-order valence-corrected chi connectivity index (χ4v) is 4.02. The molecular weight excluding hydrogens is 284 g/mol. The molecule has 1 heterocycles. The zero-order chi connectivity index (χ0) is 16.1. The number of aliphatic hydroxyl groups is 1. The van der Waals surface area contributed by atoms with Gasteiger partial charge in [0.2, 0.25) is 0 Å². The first-order chi connectivity index (χ1) is 11.2. The molecule has 0 radical (unpaired) electrons. The van der Waals surface area contributed by atoms with Crippen LogP contribution >= 0.6 is 0 Å². The lowest BCUT2D eigenvalue weighted by atomic mass is 9.84. The average Bonchev–Trinajstić information content (AvgIpc) is 2.52. The maximum atomic E-state index is 10.1. The van der Waals surface area contributed by atoms with E-state index in [0.717, 1.165) is 25.4 Å². The van der Waals surface area contributed by atoms with Gasteiger partial charge in [0, 0.05) is 31.7 Å². The van der Waals surface area contributed by atoms with Crippen LogP contribution in [0, 0.1) is 5.92 Å². The summed E-state index contributed by atoms with van der Waals surface area (Å²) in [6.45, 7) is 5.40. The summed E-state index contributed by atoms with van der Waals surface area (Å²) in [7, 11) is 0. The molecule has 3 nitrogen and oxygen atoms in total. The van der Waals surface area contributed by atoms with Gasteiger partial charge in [0.05, 0.1) is 6.10 Å². The first kappa shape index (κ1) is 16.9. The standard InChI is InChI=1S/C20H32N2O/c1-2-20(23)12-17-11-18(15-22(14-17)19-9-6-10-19)21-13-16-7-4-3-5-8-16/h3-5,7-8,17-21,23H,2,6,9-15H2,1H3. The van der Waals surface area contributed by atoms with Crippen LogP contribution in [0.25, 0.3) is 0 Å². The fraction of sp³-hybridized carbons (Fsp3) is 0.700. The smallest absolute Gasteiger partial charge is 0.0540 e. The molecule has 2 aliphatic rings. The van der Waals surface area contributed by atoms with Crippen molar-refractivity contribution in [2.24, 2.45) is 5.92 Å². The van der Waals surface area contributed by atoms with Crippen LogP contribution in [0.3, 0.4) is 0 Å². The number of rotatable bonds is 7. The Morgan fingerprint density at radius 3 is 2.65 bits per heavy atom. The van der Waals surface area contributed by atoms with Crippen LogP contribution in [0.4, 0.5) is 0 Å². The highest BCUT2D eigenvalue weighted by Crippen LogP contribution is 2.31. The number of hydrogen-bond donors (Lipinski definition) is 2. The third-order valence-electron chi connectivity index (χ3n) is 5.67. The van der Waals surface area contributed by atoms with Crippen molar-refractivity contribution in [3.8, 4) is 0 Å². The lowest BCUT2D eigenvalue weighted by Crippen LogP contribution is -2.54. The van der Waals surface area contributed by atoms with Gasteiger partial charge in [0.25, 0.3) is 0 Å². The summed E-state index contributed by atoms with van der Waals surface area (Å²) in [6, 6.07) is 12.0. The largest absolute Gasteiger partial charge is 0.393 e. The second kappa shape index (κ2) is 8.27. The molecule has 2 fully saturated rings. The highest BCUT2D eigenvalue weighted by atomic mass is 16.3. The molecule has 3 unspecified atom stereocenters. The Morgan fingerprint density at radius 2 is 2.00 bits per heavy atom. The van der Waals surface area contributed by atoms with Gasteiger partial charge in [0.15, 0.2) is 0 Å². The van der Waals surface area contributed by atoms with Crippen molar-refractivity contribution in [2.45, 2.75) is 70.2 Å². The molecule has 0 spiro atoms. The first-order valence-electron chi connectivity index (χ1n) is 9.44. The molecule has 1 aromatic rings. The number of nitrogens with one attached hydrogen (secondary N) is 1. The number of benzene rings is 1. The minimum atomic E-state index is -0.129. The van der Waals surface area contributed by atoms with Crippen LogP contribution < -0.4 is 5.32 Å². The van der Waals surface area contributed by atoms with Crippen molar-refractivity contribution in [1.82, 2.24) is 10.2 Å². The van der Waals surface area contributed by atoms with E-state index in [2.05, 4.69) is 47.5 Å². The molecule has 1 aromatic carbocycles. The average molecular weight is 316 g/mol. The van der Waals surface area contributed by atoms with Crippen molar-refractivity contribution in [3.63, 3.8) is 0 Å². The van der Waals surface area contributed by atoms with Crippen LogP contribution in [-0.4, -0.2) is 41.3 Å². The van der Waals surface area contributed by atoms with Gasteiger partial charge in [-0.3, -0.25) is 4.90 Å². The van der Waals surface area contributed by atoms with Crippen LogP contribution in [0.2, 0.25) is 0 Å². The number of nitrogens with zero attached hydrogens (tertiary/aromatic N) is 1. The maximum Gasteiger partial charge on any atom is 0.0540 e. The molecule has 0 bridgehead atoms. The van der Waals surface area contributed by atoms with Gasteiger partial charge in [-0.15, -0.1) is 0 Å². The Labute approximate surface area is 141 Å². The molecule has 0 aromatic heterocycles. The highest BCUT2D eigenvalue weighted by molar-refractivity contribution is 5.14. The van der Waals surface area contributed by atoms with Gasteiger partial charge >= 0.3 is 0 Å². The van der Waals surface area contributed by atoms with Gasteiger partial charge < -0.3 is 10.4 Å². The lowest BCUT2D eigenvalue weighted by molar-refractivity contribution is 0.0369. The highest BCUT2D eigenvalue weighted by Gasteiger charge is 2.34. The summed E-state index contributed by atoms with van der Waals surface area (Å²) >= 11 is 0. The first-order valence-corrected chi connectivity index (χ1v) is 9.44. The van der Waals surface area contributed by atoms with Crippen molar-refractivity contribution < 1.29 is 5.11 Å². The van der Waals surface area contributed by atoms with Crippen LogP contribution in [0.15, 0.2) is 30.3 Å². The van der Waals surface area contributed by atoms with Gasteiger partial charge in [0.1, 0.15) is 0 Å². The zero-order valence-electron chi connectivity index (χ0n) is 14.5. The summed E-state index contributed by atoms with van der Waals surface area (Å²) in [5.74, 6) is 0.632. The predicted octanol–water partition coefficient (Wildman–Crippen LogP) is 3.18. The molecule has 2 N–H and O–H groups in total. The summed E-state index contributed by atoms with van der Waals surface area (Å²) in [5, 5.41) is 13.8. The predicted molar refractivity (Wildman–Crippen MR) is 95.3 cm³/mol. The van der Waals surface area contributed by atoms with Crippen molar-refractivity contribution in [3.05, 3.63) is 35.9 Å². The quantitative estimate of drug-likeness (QED) is 0.811. The molecule has 0 amide bonds. The fourth-order valence-electron chi connectivity index (χ4n) is 4.02. The SMILES string of the molecule is CCC(O)CC1CC(NCc2ccccc2)CN(C2CCC2)C1. The molecule has 128 valence electrons. The normalized spacial score (nSPS) is 27.6. The molecular formula is C20H32N2O. The summed E-state index contributed by atoms with van der Waals surface area (Å²) in [6.07, 6.45) is 7.04. The second-order valence-electron chi connectivity index (χ2n) is 7.50. The van der Waals surface area contributed by atoms with Gasteiger partial charge in [-0.05, 0) is 43.6 Å². The monoisotopic (exact) mass is 316 g/mol. The minimum absolute atomic E-state index is 0.129. The van der Waals surface area contributed by atoms with E-state index >= 15 is 0 Å². The van der Waals surface area contributed by atoms with Crippen LogP contribution in [0.5, 0.6) is 0 Å².